The summed E-state index contributed by atoms with van der Waals surface area (Å²) in [6.45, 7) is 0.679. The van der Waals surface area contributed by atoms with Gasteiger partial charge in [0.05, 0.1) is 0 Å². The van der Waals surface area contributed by atoms with E-state index in [0.29, 0.717) is 6.54 Å². The summed E-state index contributed by atoms with van der Waals surface area (Å²) in [7, 11) is 1.70. The number of rotatable bonds is 3. The molecular formula is C19H20N2O2. The van der Waals surface area contributed by atoms with Crippen LogP contribution < -0.4 is 9.80 Å². The Kier molecular flexibility index (Phi) is 4.42. The van der Waals surface area contributed by atoms with Crippen molar-refractivity contribution >= 4 is 23.2 Å². The third kappa shape index (κ3) is 3.26. The lowest BCUT2D eigenvalue weighted by atomic mass is 10.0. The molecule has 1 aliphatic rings. The number of aryl methyl sites for hydroxylation is 1. The molecule has 23 heavy (non-hydrogen) atoms. The maximum atomic E-state index is 12.6. The van der Waals surface area contributed by atoms with Gasteiger partial charge in [-0.2, -0.15) is 0 Å². The zero-order chi connectivity index (χ0) is 16.2. The summed E-state index contributed by atoms with van der Waals surface area (Å²) in [4.78, 5) is 28.3. The lowest BCUT2D eigenvalue weighted by Gasteiger charge is -2.30. The maximum absolute atomic E-state index is 12.6. The summed E-state index contributed by atoms with van der Waals surface area (Å²) in [5, 5.41) is 0. The van der Waals surface area contributed by atoms with Crippen LogP contribution in [0.2, 0.25) is 0 Å². The largest absolute Gasteiger partial charge is 0.315 e. The van der Waals surface area contributed by atoms with Crippen LogP contribution in [0, 0.1) is 0 Å². The summed E-state index contributed by atoms with van der Waals surface area (Å²) in [5.41, 5.74) is 2.92. The van der Waals surface area contributed by atoms with Crippen LogP contribution in [0.1, 0.15) is 18.4 Å². The lowest BCUT2D eigenvalue weighted by molar-refractivity contribution is -0.126. The Morgan fingerprint density at radius 1 is 1.04 bits per heavy atom. The first kappa shape index (κ1) is 15.3. The number of anilines is 2. The van der Waals surface area contributed by atoms with E-state index < -0.39 is 0 Å². The monoisotopic (exact) mass is 308 g/mol. The first-order valence-electron chi connectivity index (χ1n) is 7.86. The SMILES string of the molecule is CN(C(=O)CC(=O)N1CCCc2ccccc21)c1ccccc1. The minimum Gasteiger partial charge on any atom is -0.315 e. The molecule has 3 rings (SSSR count). The van der Waals surface area contributed by atoms with Gasteiger partial charge in [0, 0.05) is 25.0 Å². The highest BCUT2D eigenvalue weighted by Crippen LogP contribution is 2.27. The Bertz CT molecular complexity index is 712. The molecule has 4 heteroatoms. The molecule has 0 fully saturated rings. The van der Waals surface area contributed by atoms with Gasteiger partial charge in [-0.05, 0) is 36.6 Å². The molecule has 0 spiro atoms. The molecule has 4 nitrogen and oxygen atoms in total. The molecule has 2 aromatic rings. The van der Waals surface area contributed by atoms with Crippen LogP contribution in [0.25, 0.3) is 0 Å². The fraction of sp³-hybridized carbons (Fsp3) is 0.263. The van der Waals surface area contributed by atoms with E-state index in [1.807, 2.05) is 54.6 Å². The van der Waals surface area contributed by atoms with Crippen LogP contribution in [-0.4, -0.2) is 25.4 Å². The third-order valence-corrected chi connectivity index (χ3v) is 4.23. The second-order valence-electron chi connectivity index (χ2n) is 5.74. The fourth-order valence-electron chi connectivity index (χ4n) is 2.93. The Morgan fingerprint density at radius 2 is 1.74 bits per heavy atom. The van der Waals surface area contributed by atoms with Crippen LogP contribution in [0.15, 0.2) is 54.6 Å². The summed E-state index contributed by atoms with van der Waals surface area (Å²) in [6.07, 6.45) is 1.81. The molecule has 0 radical (unpaired) electrons. The molecule has 0 atom stereocenters. The molecule has 2 amide bonds. The summed E-state index contributed by atoms with van der Waals surface area (Å²) < 4.78 is 0. The van der Waals surface area contributed by atoms with E-state index >= 15 is 0 Å². The third-order valence-electron chi connectivity index (χ3n) is 4.23. The fourth-order valence-corrected chi connectivity index (χ4v) is 2.93. The van der Waals surface area contributed by atoms with E-state index in [2.05, 4.69) is 0 Å². The van der Waals surface area contributed by atoms with Crippen molar-refractivity contribution < 1.29 is 9.59 Å². The van der Waals surface area contributed by atoms with Crippen molar-refractivity contribution in [2.45, 2.75) is 19.3 Å². The molecular weight excluding hydrogens is 288 g/mol. The van der Waals surface area contributed by atoms with Crippen LogP contribution in [0.4, 0.5) is 11.4 Å². The highest BCUT2D eigenvalue weighted by atomic mass is 16.2. The van der Waals surface area contributed by atoms with Crippen molar-refractivity contribution in [1.82, 2.24) is 0 Å². The zero-order valence-corrected chi connectivity index (χ0v) is 13.2. The number of nitrogens with zero attached hydrogens (tertiary/aromatic N) is 2. The van der Waals surface area contributed by atoms with Crippen LogP contribution in [0.5, 0.6) is 0 Å². The first-order valence-corrected chi connectivity index (χ1v) is 7.86. The van der Waals surface area contributed by atoms with Gasteiger partial charge in [-0.1, -0.05) is 36.4 Å². The molecule has 0 saturated carbocycles. The van der Waals surface area contributed by atoms with Crippen LogP contribution >= 0.6 is 0 Å². The van der Waals surface area contributed by atoms with Gasteiger partial charge in [0.1, 0.15) is 6.42 Å². The number of benzene rings is 2. The number of carbonyl (C=O) groups excluding carboxylic acids is 2. The van der Waals surface area contributed by atoms with Gasteiger partial charge in [0.15, 0.2) is 0 Å². The van der Waals surface area contributed by atoms with E-state index in [9.17, 15) is 9.59 Å². The molecule has 2 aromatic carbocycles. The normalized spacial score (nSPS) is 13.3. The summed E-state index contributed by atoms with van der Waals surface area (Å²) in [5.74, 6) is -0.325. The van der Waals surface area contributed by atoms with Gasteiger partial charge in [0.2, 0.25) is 11.8 Å². The minimum atomic E-state index is -0.191. The molecule has 1 heterocycles. The Labute approximate surface area is 136 Å². The van der Waals surface area contributed by atoms with E-state index in [0.717, 1.165) is 24.2 Å². The smallest absolute Gasteiger partial charge is 0.236 e. The van der Waals surface area contributed by atoms with Crippen molar-refractivity contribution in [3.63, 3.8) is 0 Å². The van der Waals surface area contributed by atoms with Crippen LogP contribution in [0.3, 0.4) is 0 Å². The minimum absolute atomic E-state index is 0.111. The number of hydrogen-bond donors (Lipinski definition) is 0. The van der Waals surface area contributed by atoms with Crippen molar-refractivity contribution in [1.29, 1.82) is 0 Å². The van der Waals surface area contributed by atoms with Gasteiger partial charge in [-0.25, -0.2) is 0 Å². The molecule has 0 saturated heterocycles. The summed E-state index contributed by atoms with van der Waals surface area (Å²) >= 11 is 0. The number of carbonyl (C=O) groups is 2. The molecule has 0 aromatic heterocycles. The quantitative estimate of drug-likeness (QED) is 0.818. The van der Waals surface area contributed by atoms with E-state index in [-0.39, 0.29) is 18.2 Å². The number of fused-ring (bicyclic) bond motifs is 1. The first-order chi connectivity index (χ1) is 11.2. The Morgan fingerprint density at radius 3 is 2.52 bits per heavy atom. The Balaban J connectivity index is 1.71. The van der Waals surface area contributed by atoms with Crippen LogP contribution in [-0.2, 0) is 16.0 Å². The van der Waals surface area contributed by atoms with Gasteiger partial charge >= 0.3 is 0 Å². The van der Waals surface area contributed by atoms with Gasteiger partial charge in [-0.3, -0.25) is 9.59 Å². The van der Waals surface area contributed by atoms with Crippen molar-refractivity contribution in [3.8, 4) is 0 Å². The van der Waals surface area contributed by atoms with E-state index in [1.54, 1.807) is 11.9 Å². The van der Waals surface area contributed by atoms with Crippen molar-refractivity contribution in [2.24, 2.45) is 0 Å². The predicted octanol–water partition coefficient (Wildman–Crippen LogP) is 3.02. The second kappa shape index (κ2) is 6.65. The topological polar surface area (TPSA) is 40.6 Å². The molecule has 0 unspecified atom stereocenters. The molecule has 1 aliphatic heterocycles. The maximum Gasteiger partial charge on any atom is 0.236 e. The average Bonchev–Trinajstić information content (AvgIpc) is 2.61. The van der Waals surface area contributed by atoms with Crippen molar-refractivity contribution in [3.05, 3.63) is 60.2 Å². The zero-order valence-electron chi connectivity index (χ0n) is 13.2. The average molecular weight is 308 g/mol. The van der Waals surface area contributed by atoms with E-state index in [1.165, 1.54) is 10.5 Å². The molecule has 0 aliphatic carbocycles. The Hall–Kier alpha value is -2.62. The van der Waals surface area contributed by atoms with E-state index in [4.69, 9.17) is 0 Å². The second-order valence-corrected chi connectivity index (χ2v) is 5.74. The highest BCUT2D eigenvalue weighted by Gasteiger charge is 2.25. The molecule has 0 N–H and O–H groups in total. The van der Waals surface area contributed by atoms with Gasteiger partial charge in [-0.15, -0.1) is 0 Å². The molecule has 0 bridgehead atoms. The molecule has 118 valence electrons. The lowest BCUT2D eigenvalue weighted by Crippen LogP contribution is -2.39. The van der Waals surface area contributed by atoms with Gasteiger partial charge in [0.25, 0.3) is 0 Å². The predicted molar refractivity (Wildman–Crippen MR) is 91.6 cm³/mol. The number of hydrogen-bond acceptors (Lipinski definition) is 2. The highest BCUT2D eigenvalue weighted by molar-refractivity contribution is 6.10. The number of para-hydroxylation sites is 2. The van der Waals surface area contributed by atoms with Crippen molar-refractivity contribution in [2.75, 3.05) is 23.4 Å². The number of amides is 2. The summed E-state index contributed by atoms with van der Waals surface area (Å²) in [6, 6.07) is 17.3. The van der Waals surface area contributed by atoms with Gasteiger partial charge < -0.3 is 9.80 Å². The standard InChI is InChI=1S/C19H20N2O2/c1-20(16-10-3-2-4-11-16)18(22)14-19(23)21-13-7-9-15-8-5-6-12-17(15)21/h2-6,8,10-12H,7,9,13-14H2,1H3.